The number of rotatable bonds is 1. The van der Waals surface area contributed by atoms with E-state index in [1.807, 2.05) is 0 Å². The Hall–Kier alpha value is -1.52. The lowest BCUT2D eigenvalue weighted by atomic mass is 10.7. The minimum Gasteiger partial charge on any atom is -0.478 e. The van der Waals surface area contributed by atoms with Crippen LogP contribution in [0.2, 0.25) is 0 Å². The highest BCUT2D eigenvalue weighted by Gasteiger charge is 1.85. The van der Waals surface area contributed by atoms with E-state index in [2.05, 4.69) is 16.6 Å². The lowest BCUT2D eigenvalue weighted by Gasteiger charge is -1.90. The predicted octanol–water partition coefficient (Wildman–Crippen LogP) is 0.229. The Morgan fingerprint density at radius 1 is 1.64 bits per heavy atom. The molecule has 0 spiro atoms. The van der Waals surface area contributed by atoms with Crippen LogP contribution in [0.25, 0.3) is 0 Å². The summed E-state index contributed by atoms with van der Waals surface area (Å²) in [6.45, 7) is 2.96. The molecule has 0 aromatic heterocycles. The van der Waals surface area contributed by atoms with Crippen LogP contribution in [-0.2, 0) is 9.53 Å². The summed E-state index contributed by atoms with van der Waals surface area (Å²) in [7, 11) is 2.82. The van der Waals surface area contributed by atoms with Crippen LogP contribution in [0, 0.1) is 0 Å². The van der Waals surface area contributed by atoms with E-state index in [4.69, 9.17) is 5.11 Å². The molecule has 0 bridgehead atoms. The molecule has 11 heavy (non-hydrogen) atoms. The molecular weight excluding hydrogens is 150 g/mol. The van der Waals surface area contributed by atoms with Crippen LogP contribution < -0.4 is 5.32 Å². The zero-order valence-electron chi connectivity index (χ0n) is 6.46. The number of ether oxygens (including phenoxy) is 1. The second-order valence-corrected chi connectivity index (χ2v) is 1.28. The maximum absolute atomic E-state index is 9.85. The van der Waals surface area contributed by atoms with E-state index in [1.54, 1.807) is 0 Å². The van der Waals surface area contributed by atoms with Gasteiger partial charge in [0, 0.05) is 13.1 Å². The zero-order chi connectivity index (χ0) is 9.28. The first-order chi connectivity index (χ1) is 5.08. The van der Waals surface area contributed by atoms with Crippen molar-refractivity contribution in [2.24, 2.45) is 0 Å². The summed E-state index contributed by atoms with van der Waals surface area (Å²) in [6.07, 6.45) is 0.426. The summed E-state index contributed by atoms with van der Waals surface area (Å²) in [6, 6.07) is 0. The first kappa shape index (κ1) is 12.2. The van der Waals surface area contributed by atoms with E-state index < -0.39 is 12.1 Å². The fourth-order valence-electron chi connectivity index (χ4n) is 0.102. The molecule has 1 amide bonds. The lowest BCUT2D eigenvalue weighted by Crippen LogP contribution is -2.16. The largest absolute Gasteiger partial charge is 0.478 e. The third-order valence-corrected chi connectivity index (χ3v) is 0.564. The van der Waals surface area contributed by atoms with Gasteiger partial charge in [0.05, 0.1) is 7.11 Å². The van der Waals surface area contributed by atoms with E-state index in [1.165, 1.54) is 14.2 Å². The van der Waals surface area contributed by atoms with Crippen molar-refractivity contribution >= 4 is 12.1 Å². The maximum Gasteiger partial charge on any atom is 0.406 e. The van der Waals surface area contributed by atoms with Crippen molar-refractivity contribution in [1.29, 1.82) is 0 Å². The average Bonchev–Trinajstić information content (AvgIpc) is 2.04. The Morgan fingerprint density at radius 2 is 2.00 bits per heavy atom. The van der Waals surface area contributed by atoms with E-state index in [-0.39, 0.29) is 0 Å². The van der Waals surface area contributed by atoms with Gasteiger partial charge in [-0.1, -0.05) is 6.58 Å². The standard InChI is InChI=1S/C3H7NO2.C3H4O2/c1-4-3(5)6-2;1-2-3(4)5/h1-2H3,(H,4,5);2H,1H2,(H,4,5). The smallest absolute Gasteiger partial charge is 0.406 e. The Morgan fingerprint density at radius 3 is 2.00 bits per heavy atom. The van der Waals surface area contributed by atoms with Gasteiger partial charge >= 0.3 is 12.1 Å². The van der Waals surface area contributed by atoms with Crippen LogP contribution in [-0.4, -0.2) is 31.3 Å². The molecule has 0 aliphatic rings. The van der Waals surface area contributed by atoms with Gasteiger partial charge in [0.2, 0.25) is 0 Å². The Kier molecular flexibility index (Phi) is 9.39. The molecule has 0 aromatic carbocycles. The minimum atomic E-state index is -0.981. The summed E-state index contributed by atoms with van der Waals surface area (Å²) in [5.41, 5.74) is 0. The summed E-state index contributed by atoms with van der Waals surface area (Å²) in [5.74, 6) is -0.981. The summed E-state index contributed by atoms with van der Waals surface area (Å²) in [4.78, 5) is 19.1. The van der Waals surface area contributed by atoms with Crippen molar-refractivity contribution in [3.63, 3.8) is 0 Å². The molecule has 0 rings (SSSR count). The second-order valence-electron chi connectivity index (χ2n) is 1.28. The van der Waals surface area contributed by atoms with E-state index >= 15 is 0 Å². The molecule has 0 aliphatic carbocycles. The van der Waals surface area contributed by atoms with Crippen molar-refractivity contribution in [1.82, 2.24) is 5.32 Å². The third kappa shape index (κ3) is 17.7. The molecule has 2 N–H and O–H groups in total. The average molecular weight is 161 g/mol. The second kappa shape index (κ2) is 8.48. The normalized spacial score (nSPS) is 6.73. The van der Waals surface area contributed by atoms with Crippen LogP contribution >= 0.6 is 0 Å². The molecule has 5 nitrogen and oxygen atoms in total. The molecule has 0 unspecified atom stereocenters. The van der Waals surface area contributed by atoms with Crippen molar-refractivity contribution in [2.45, 2.75) is 0 Å². The number of alkyl carbamates (subject to hydrolysis) is 1. The number of methoxy groups -OCH3 is 1. The molecule has 0 saturated carbocycles. The van der Waals surface area contributed by atoms with Crippen LogP contribution in [0.1, 0.15) is 0 Å². The van der Waals surface area contributed by atoms with Crippen molar-refractivity contribution in [2.75, 3.05) is 14.2 Å². The van der Waals surface area contributed by atoms with E-state index in [9.17, 15) is 9.59 Å². The van der Waals surface area contributed by atoms with Gasteiger partial charge < -0.3 is 15.2 Å². The summed E-state index contributed by atoms with van der Waals surface area (Å²) >= 11 is 0. The van der Waals surface area contributed by atoms with Gasteiger partial charge in [-0.25, -0.2) is 9.59 Å². The van der Waals surface area contributed by atoms with Gasteiger partial charge in [-0.2, -0.15) is 0 Å². The van der Waals surface area contributed by atoms with E-state index in [0.717, 1.165) is 6.08 Å². The van der Waals surface area contributed by atoms with Gasteiger partial charge in [0.15, 0.2) is 0 Å². The van der Waals surface area contributed by atoms with Gasteiger partial charge in [0.25, 0.3) is 0 Å². The van der Waals surface area contributed by atoms with Gasteiger partial charge in [-0.15, -0.1) is 0 Å². The van der Waals surface area contributed by atoms with E-state index in [0.29, 0.717) is 0 Å². The highest BCUT2D eigenvalue weighted by Crippen LogP contribution is 1.62. The fraction of sp³-hybridized carbons (Fsp3) is 0.333. The van der Waals surface area contributed by atoms with Crippen molar-refractivity contribution in [3.05, 3.63) is 12.7 Å². The SMILES string of the molecule is C=CC(=O)O.CNC(=O)OC. The van der Waals surface area contributed by atoms with Gasteiger partial charge in [-0.05, 0) is 0 Å². The fourth-order valence-corrected chi connectivity index (χ4v) is 0.102. The number of carbonyl (C=O) groups excluding carboxylic acids is 1. The molecule has 0 heterocycles. The number of carboxylic acids is 1. The van der Waals surface area contributed by atoms with Crippen LogP contribution in [0.4, 0.5) is 4.79 Å². The molecule has 5 heteroatoms. The van der Waals surface area contributed by atoms with Crippen LogP contribution in [0.5, 0.6) is 0 Å². The van der Waals surface area contributed by atoms with Crippen LogP contribution in [0.15, 0.2) is 12.7 Å². The highest BCUT2D eigenvalue weighted by atomic mass is 16.5. The summed E-state index contributed by atoms with van der Waals surface area (Å²) < 4.78 is 4.15. The molecule has 0 aliphatic heterocycles. The number of nitrogens with one attached hydrogen (secondary N) is 1. The molecule has 0 radical (unpaired) electrons. The number of hydrogen-bond acceptors (Lipinski definition) is 3. The highest BCUT2D eigenvalue weighted by molar-refractivity contribution is 5.78. The molecule has 64 valence electrons. The first-order valence-electron chi connectivity index (χ1n) is 2.69. The first-order valence-corrected chi connectivity index (χ1v) is 2.69. The van der Waals surface area contributed by atoms with Crippen LogP contribution in [0.3, 0.4) is 0 Å². The van der Waals surface area contributed by atoms with Gasteiger partial charge in [0.1, 0.15) is 0 Å². The Balaban J connectivity index is 0. The Labute approximate surface area is 64.7 Å². The Bertz CT molecular complexity index is 138. The van der Waals surface area contributed by atoms with Gasteiger partial charge in [-0.3, -0.25) is 0 Å². The number of hydrogen-bond donors (Lipinski definition) is 2. The van der Waals surface area contributed by atoms with Crippen molar-refractivity contribution < 1.29 is 19.4 Å². The number of carbonyl (C=O) groups is 2. The molecule has 0 aromatic rings. The number of carboxylic acid groups (broad SMARTS) is 1. The quantitative estimate of drug-likeness (QED) is 0.540. The molecular formula is C6H11NO4. The summed E-state index contributed by atoms with van der Waals surface area (Å²) in [5, 5.41) is 9.86. The monoisotopic (exact) mass is 161 g/mol. The lowest BCUT2D eigenvalue weighted by molar-refractivity contribution is -0.131. The topological polar surface area (TPSA) is 75.6 Å². The number of aliphatic carboxylic acids is 1. The maximum atomic E-state index is 9.85. The zero-order valence-corrected chi connectivity index (χ0v) is 6.46. The van der Waals surface area contributed by atoms with Crippen molar-refractivity contribution in [3.8, 4) is 0 Å². The molecule has 0 atom stereocenters. The third-order valence-electron chi connectivity index (χ3n) is 0.564. The predicted molar refractivity (Wildman–Crippen MR) is 39.3 cm³/mol. The minimum absolute atomic E-state index is 0.407. The molecule has 0 saturated heterocycles. The molecule has 0 fully saturated rings. The number of amides is 1.